The van der Waals surface area contributed by atoms with Crippen molar-refractivity contribution in [2.24, 2.45) is 0 Å². The second-order valence-corrected chi connectivity index (χ2v) is 5.21. The van der Waals surface area contributed by atoms with Crippen molar-refractivity contribution in [2.75, 3.05) is 16.0 Å². The zero-order valence-electron chi connectivity index (χ0n) is 13.5. The maximum absolute atomic E-state index is 12.4. The summed E-state index contributed by atoms with van der Waals surface area (Å²) < 4.78 is 37.2. The van der Waals surface area contributed by atoms with Gasteiger partial charge in [0.1, 0.15) is 0 Å². The Bertz CT molecular complexity index is 850. The van der Waals surface area contributed by atoms with Gasteiger partial charge in [0.25, 0.3) is 5.91 Å². The highest BCUT2D eigenvalue weighted by molar-refractivity contribution is 6.08. The molecule has 3 N–H and O–H groups in total. The van der Waals surface area contributed by atoms with Gasteiger partial charge in [0.15, 0.2) is 0 Å². The summed E-state index contributed by atoms with van der Waals surface area (Å²) in [4.78, 5) is 34.5. The first-order valence-corrected chi connectivity index (χ1v) is 7.33. The van der Waals surface area contributed by atoms with Crippen LogP contribution in [0.1, 0.15) is 17.3 Å². The van der Waals surface area contributed by atoms with Gasteiger partial charge in [-0.25, -0.2) is 0 Å². The Morgan fingerprint density at radius 2 is 1.46 bits per heavy atom. The van der Waals surface area contributed by atoms with Crippen LogP contribution in [0.15, 0.2) is 48.5 Å². The molecule has 26 heavy (non-hydrogen) atoms. The molecule has 0 radical (unpaired) electrons. The van der Waals surface area contributed by atoms with Gasteiger partial charge in [-0.05, 0) is 30.3 Å². The summed E-state index contributed by atoms with van der Waals surface area (Å²) in [5.41, 5.74) is 0.373. The second kappa shape index (κ2) is 7.68. The van der Waals surface area contributed by atoms with Crippen LogP contribution in [0.3, 0.4) is 0 Å². The van der Waals surface area contributed by atoms with Crippen molar-refractivity contribution < 1.29 is 27.6 Å². The van der Waals surface area contributed by atoms with E-state index in [1.165, 1.54) is 49.4 Å². The highest BCUT2D eigenvalue weighted by Gasteiger charge is 2.39. The van der Waals surface area contributed by atoms with Gasteiger partial charge in [-0.3, -0.25) is 14.4 Å². The van der Waals surface area contributed by atoms with Gasteiger partial charge in [0, 0.05) is 18.2 Å². The van der Waals surface area contributed by atoms with Crippen LogP contribution in [0.25, 0.3) is 0 Å². The predicted molar refractivity (Wildman–Crippen MR) is 89.8 cm³/mol. The van der Waals surface area contributed by atoms with Crippen LogP contribution in [0.2, 0.25) is 0 Å². The standard InChI is InChI=1S/C17H14F3N3O3/c1-10(24)21-12-6-4-5-11(9-12)15(25)22-13-7-2-3-8-14(13)23-16(26)17(18,19)20/h2-9H,1H3,(H,21,24)(H,22,25)(H,23,26). The molecule has 0 aliphatic rings. The number of hydrogen-bond donors (Lipinski definition) is 3. The maximum atomic E-state index is 12.4. The van der Waals surface area contributed by atoms with E-state index in [0.717, 1.165) is 0 Å². The largest absolute Gasteiger partial charge is 0.471 e. The molecule has 0 saturated heterocycles. The maximum Gasteiger partial charge on any atom is 0.471 e. The highest BCUT2D eigenvalue weighted by atomic mass is 19.4. The Labute approximate surface area is 146 Å². The summed E-state index contributed by atoms with van der Waals surface area (Å²) in [6, 6.07) is 11.5. The normalized spacial score (nSPS) is 10.8. The van der Waals surface area contributed by atoms with E-state index in [1.807, 2.05) is 0 Å². The Balaban J connectivity index is 2.20. The van der Waals surface area contributed by atoms with Crippen LogP contribution < -0.4 is 16.0 Å². The average molecular weight is 365 g/mol. The van der Waals surface area contributed by atoms with Crippen molar-refractivity contribution in [2.45, 2.75) is 13.1 Å². The first kappa shape index (κ1) is 19.0. The van der Waals surface area contributed by atoms with Gasteiger partial charge in [-0.1, -0.05) is 18.2 Å². The highest BCUT2D eigenvalue weighted by Crippen LogP contribution is 2.25. The number of anilines is 3. The van der Waals surface area contributed by atoms with Crippen molar-refractivity contribution in [3.05, 3.63) is 54.1 Å². The third-order valence-electron chi connectivity index (χ3n) is 3.13. The van der Waals surface area contributed by atoms with Gasteiger partial charge in [0.2, 0.25) is 5.91 Å². The number of rotatable bonds is 4. The molecule has 0 aliphatic heterocycles. The number of amides is 3. The van der Waals surface area contributed by atoms with Crippen molar-refractivity contribution >= 4 is 34.8 Å². The molecule has 0 spiro atoms. The molecule has 0 saturated carbocycles. The molecular weight excluding hydrogens is 351 g/mol. The van der Waals surface area contributed by atoms with E-state index in [2.05, 4.69) is 10.6 Å². The lowest BCUT2D eigenvalue weighted by Gasteiger charge is -2.13. The average Bonchev–Trinajstić information content (AvgIpc) is 2.55. The lowest BCUT2D eigenvalue weighted by molar-refractivity contribution is -0.167. The molecule has 0 fully saturated rings. The Morgan fingerprint density at radius 3 is 2.04 bits per heavy atom. The molecule has 2 aromatic carbocycles. The van der Waals surface area contributed by atoms with E-state index in [4.69, 9.17) is 0 Å². The topological polar surface area (TPSA) is 87.3 Å². The quantitative estimate of drug-likeness (QED) is 0.776. The molecule has 0 heterocycles. The van der Waals surface area contributed by atoms with Crippen LogP contribution in [-0.4, -0.2) is 23.9 Å². The summed E-state index contributed by atoms with van der Waals surface area (Å²) in [6.45, 7) is 1.31. The Kier molecular flexibility index (Phi) is 5.61. The molecule has 0 aliphatic carbocycles. The lowest BCUT2D eigenvalue weighted by atomic mass is 10.1. The van der Waals surface area contributed by atoms with Gasteiger partial charge in [-0.15, -0.1) is 0 Å². The van der Waals surface area contributed by atoms with E-state index < -0.39 is 18.0 Å². The van der Waals surface area contributed by atoms with Crippen molar-refractivity contribution in [1.82, 2.24) is 0 Å². The summed E-state index contributed by atoms with van der Waals surface area (Å²) >= 11 is 0. The Hall–Kier alpha value is -3.36. The van der Waals surface area contributed by atoms with E-state index in [1.54, 1.807) is 11.4 Å². The van der Waals surface area contributed by atoms with Gasteiger partial charge in [0.05, 0.1) is 11.4 Å². The number of hydrogen-bond acceptors (Lipinski definition) is 3. The fourth-order valence-corrected chi connectivity index (χ4v) is 2.03. The smallest absolute Gasteiger partial charge is 0.326 e. The first-order chi connectivity index (χ1) is 12.2. The Morgan fingerprint density at radius 1 is 0.846 bits per heavy atom. The fourth-order valence-electron chi connectivity index (χ4n) is 2.03. The zero-order valence-corrected chi connectivity index (χ0v) is 13.5. The molecule has 2 rings (SSSR count). The minimum atomic E-state index is -5.05. The molecule has 0 bridgehead atoms. The molecule has 3 amide bonds. The monoisotopic (exact) mass is 365 g/mol. The molecule has 6 nitrogen and oxygen atoms in total. The summed E-state index contributed by atoms with van der Waals surface area (Å²) in [7, 11) is 0. The summed E-state index contributed by atoms with van der Waals surface area (Å²) in [5, 5.41) is 6.66. The number of para-hydroxylation sites is 2. The van der Waals surface area contributed by atoms with Crippen molar-refractivity contribution in [3.63, 3.8) is 0 Å². The van der Waals surface area contributed by atoms with E-state index in [0.29, 0.717) is 5.69 Å². The van der Waals surface area contributed by atoms with E-state index in [-0.39, 0.29) is 22.8 Å². The van der Waals surface area contributed by atoms with Crippen LogP contribution >= 0.6 is 0 Å². The summed E-state index contributed by atoms with van der Waals surface area (Å²) in [5.74, 6) is -3.08. The molecule has 0 atom stereocenters. The van der Waals surface area contributed by atoms with Crippen LogP contribution in [0.5, 0.6) is 0 Å². The molecule has 0 unspecified atom stereocenters. The van der Waals surface area contributed by atoms with E-state index >= 15 is 0 Å². The molecule has 9 heteroatoms. The second-order valence-electron chi connectivity index (χ2n) is 5.21. The molecule has 2 aromatic rings. The molecule has 0 aromatic heterocycles. The van der Waals surface area contributed by atoms with Crippen LogP contribution in [0, 0.1) is 0 Å². The first-order valence-electron chi connectivity index (χ1n) is 7.33. The third-order valence-corrected chi connectivity index (χ3v) is 3.13. The van der Waals surface area contributed by atoms with Crippen molar-refractivity contribution in [3.8, 4) is 0 Å². The van der Waals surface area contributed by atoms with Crippen LogP contribution in [0.4, 0.5) is 30.2 Å². The van der Waals surface area contributed by atoms with Gasteiger partial charge >= 0.3 is 12.1 Å². The van der Waals surface area contributed by atoms with Crippen LogP contribution in [-0.2, 0) is 9.59 Å². The molecule has 136 valence electrons. The third kappa shape index (κ3) is 5.07. The number of alkyl halides is 3. The minimum absolute atomic E-state index is 0.0000279. The number of halogens is 3. The SMILES string of the molecule is CC(=O)Nc1cccc(C(=O)Nc2ccccc2NC(=O)C(F)(F)F)c1. The minimum Gasteiger partial charge on any atom is -0.326 e. The zero-order chi connectivity index (χ0) is 19.3. The number of carbonyl (C=O) groups excluding carboxylic acids is 3. The van der Waals surface area contributed by atoms with Gasteiger partial charge in [-0.2, -0.15) is 13.2 Å². The van der Waals surface area contributed by atoms with E-state index in [9.17, 15) is 27.6 Å². The number of nitrogens with one attached hydrogen (secondary N) is 3. The summed E-state index contributed by atoms with van der Waals surface area (Å²) in [6.07, 6.45) is -5.05. The fraction of sp³-hybridized carbons (Fsp3) is 0.118. The lowest BCUT2D eigenvalue weighted by Crippen LogP contribution is -2.30. The number of benzene rings is 2. The van der Waals surface area contributed by atoms with Crippen molar-refractivity contribution in [1.29, 1.82) is 0 Å². The number of carbonyl (C=O) groups is 3. The molecular formula is C17H14F3N3O3. The van der Waals surface area contributed by atoms with Gasteiger partial charge < -0.3 is 16.0 Å². The predicted octanol–water partition coefficient (Wildman–Crippen LogP) is 3.40.